The molecule has 0 aliphatic carbocycles. The molecule has 56 heavy (non-hydrogen) atoms. The molecule has 0 radical (unpaired) electrons. The summed E-state index contributed by atoms with van der Waals surface area (Å²) in [6, 6.07) is 69.0. The number of nitrogens with zero attached hydrogens (tertiary/aromatic N) is 2. The Balaban J connectivity index is 1.11. The third-order valence-corrected chi connectivity index (χ3v) is 11.4. The maximum Gasteiger partial charge on any atom is 0.143 e. The standard InChI is InChI=1S/C52H32N2O2/c1-2-16-37-33(13-1)27-29-45-44-22-12-21-43(52(44)56-51(37)45)40-19-5-7-23-46(40)53(36-28-30-42-41-20-6-10-26-49(41)55-50(42)32-36)34-14-11-15-35(31-34)54-47-24-8-3-17-38(47)39-18-4-9-25-48(39)54/h1-32H. The summed E-state index contributed by atoms with van der Waals surface area (Å²) in [6.07, 6.45) is 0. The van der Waals surface area contributed by atoms with Gasteiger partial charge in [-0.1, -0.05) is 127 Å². The first kappa shape index (κ1) is 30.9. The molecule has 0 fully saturated rings. The number of fused-ring (bicyclic) bond motifs is 11. The van der Waals surface area contributed by atoms with Gasteiger partial charge in [-0.05, 0) is 66.0 Å². The Labute approximate surface area is 321 Å². The van der Waals surface area contributed by atoms with Gasteiger partial charge in [0.05, 0.1) is 16.7 Å². The number of aromatic nitrogens is 1. The fourth-order valence-corrected chi connectivity index (χ4v) is 8.89. The molecule has 4 heteroatoms. The third-order valence-electron chi connectivity index (χ3n) is 11.4. The minimum absolute atomic E-state index is 0.844. The molecule has 262 valence electrons. The first-order chi connectivity index (χ1) is 27.8. The summed E-state index contributed by atoms with van der Waals surface area (Å²) in [6.45, 7) is 0. The quantitative estimate of drug-likeness (QED) is 0.178. The minimum Gasteiger partial charge on any atom is -0.456 e. The van der Waals surface area contributed by atoms with Gasteiger partial charge >= 0.3 is 0 Å². The fourth-order valence-electron chi connectivity index (χ4n) is 8.89. The van der Waals surface area contributed by atoms with Crippen molar-refractivity contribution in [2.24, 2.45) is 0 Å². The van der Waals surface area contributed by atoms with Gasteiger partial charge in [-0.3, -0.25) is 0 Å². The summed E-state index contributed by atoms with van der Waals surface area (Å²) in [5.41, 5.74) is 12.1. The third kappa shape index (κ3) is 4.53. The molecule has 0 bridgehead atoms. The number of anilines is 3. The van der Waals surface area contributed by atoms with E-state index in [0.717, 1.165) is 88.5 Å². The van der Waals surface area contributed by atoms with Crippen molar-refractivity contribution in [3.63, 3.8) is 0 Å². The summed E-state index contributed by atoms with van der Waals surface area (Å²) >= 11 is 0. The molecule has 0 N–H and O–H groups in total. The van der Waals surface area contributed by atoms with Crippen LogP contribution in [0.1, 0.15) is 0 Å². The molecule has 0 saturated carbocycles. The molecule has 3 heterocycles. The smallest absolute Gasteiger partial charge is 0.143 e. The lowest BCUT2D eigenvalue weighted by Gasteiger charge is -2.28. The van der Waals surface area contributed by atoms with Crippen LogP contribution in [0.2, 0.25) is 0 Å². The van der Waals surface area contributed by atoms with E-state index in [4.69, 9.17) is 8.83 Å². The van der Waals surface area contributed by atoms with Gasteiger partial charge in [0.25, 0.3) is 0 Å². The van der Waals surface area contributed by atoms with Crippen molar-refractivity contribution in [2.45, 2.75) is 0 Å². The first-order valence-electron chi connectivity index (χ1n) is 19.0. The van der Waals surface area contributed by atoms with Gasteiger partial charge in [0.1, 0.15) is 22.3 Å². The molecular formula is C52H32N2O2. The molecular weight excluding hydrogens is 685 g/mol. The van der Waals surface area contributed by atoms with Gasteiger partial charge in [-0.15, -0.1) is 0 Å². The van der Waals surface area contributed by atoms with Crippen LogP contribution in [0.3, 0.4) is 0 Å². The summed E-state index contributed by atoms with van der Waals surface area (Å²) in [4.78, 5) is 2.36. The maximum absolute atomic E-state index is 6.90. The van der Waals surface area contributed by atoms with Gasteiger partial charge in [-0.25, -0.2) is 0 Å². The highest BCUT2D eigenvalue weighted by Crippen LogP contribution is 2.46. The van der Waals surface area contributed by atoms with Gasteiger partial charge < -0.3 is 18.3 Å². The van der Waals surface area contributed by atoms with Crippen molar-refractivity contribution >= 4 is 93.5 Å². The van der Waals surface area contributed by atoms with E-state index in [0.29, 0.717) is 0 Å². The Morgan fingerprint density at radius 1 is 0.357 bits per heavy atom. The Morgan fingerprint density at radius 3 is 1.82 bits per heavy atom. The van der Waals surface area contributed by atoms with Crippen molar-refractivity contribution in [2.75, 3.05) is 4.90 Å². The van der Waals surface area contributed by atoms with Gasteiger partial charge in [0.2, 0.25) is 0 Å². The number of hydrogen-bond acceptors (Lipinski definition) is 3. The predicted octanol–water partition coefficient (Wildman–Crippen LogP) is 14.9. The molecule has 12 aromatic rings. The van der Waals surface area contributed by atoms with E-state index >= 15 is 0 Å². The van der Waals surface area contributed by atoms with E-state index in [-0.39, 0.29) is 0 Å². The summed E-state index contributed by atoms with van der Waals surface area (Å²) in [7, 11) is 0. The van der Waals surface area contributed by atoms with Crippen LogP contribution in [0, 0.1) is 0 Å². The van der Waals surface area contributed by atoms with Crippen molar-refractivity contribution in [1.82, 2.24) is 4.57 Å². The summed E-state index contributed by atoms with van der Waals surface area (Å²) < 4.78 is 15.8. The van der Waals surface area contributed by atoms with Crippen LogP contribution >= 0.6 is 0 Å². The highest BCUT2D eigenvalue weighted by atomic mass is 16.3. The Kier molecular flexibility index (Phi) is 6.60. The summed E-state index contributed by atoms with van der Waals surface area (Å²) in [5.74, 6) is 0. The van der Waals surface area contributed by atoms with Crippen LogP contribution in [-0.4, -0.2) is 4.57 Å². The zero-order valence-electron chi connectivity index (χ0n) is 30.2. The molecule has 0 unspecified atom stereocenters. The molecule has 0 amide bonds. The SMILES string of the molecule is c1cc(N(c2ccc3c(c2)oc2ccccc23)c2ccccc2-c2cccc3c2oc2c4ccccc4ccc32)cc(-n2c3ccccc3c3ccccc32)c1. The molecule has 0 atom stereocenters. The lowest BCUT2D eigenvalue weighted by atomic mass is 9.98. The van der Waals surface area contributed by atoms with Gasteiger partial charge in [0.15, 0.2) is 0 Å². The molecule has 4 nitrogen and oxygen atoms in total. The van der Waals surface area contributed by atoms with Crippen molar-refractivity contribution in [3.05, 3.63) is 194 Å². The Bertz CT molecular complexity index is 3460. The molecule has 0 saturated heterocycles. The molecule has 0 aliphatic heterocycles. The second kappa shape index (κ2) is 12.0. The van der Waals surface area contributed by atoms with Crippen LogP contribution in [0.5, 0.6) is 0 Å². The second-order valence-corrected chi connectivity index (χ2v) is 14.5. The second-order valence-electron chi connectivity index (χ2n) is 14.5. The number of rotatable bonds is 5. The van der Waals surface area contributed by atoms with Gasteiger partial charge in [0, 0.05) is 72.0 Å². The van der Waals surface area contributed by atoms with Crippen LogP contribution in [-0.2, 0) is 0 Å². The average Bonchev–Trinajstić information content (AvgIpc) is 3.94. The lowest BCUT2D eigenvalue weighted by Crippen LogP contribution is -2.11. The Hall–Kier alpha value is -7.56. The predicted molar refractivity (Wildman–Crippen MR) is 233 cm³/mol. The van der Waals surface area contributed by atoms with E-state index in [2.05, 4.69) is 191 Å². The van der Waals surface area contributed by atoms with Crippen LogP contribution in [0.15, 0.2) is 203 Å². The van der Waals surface area contributed by atoms with Crippen LogP contribution < -0.4 is 4.90 Å². The zero-order valence-corrected chi connectivity index (χ0v) is 30.2. The molecule has 0 aliphatic rings. The number of hydrogen-bond donors (Lipinski definition) is 0. The number of para-hydroxylation sites is 5. The highest BCUT2D eigenvalue weighted by Gasteiger charge is 2.23. The van der Waals surface area contributed by atoms with Crippen molar-refractivity contribution < 1.29 is 8.83 Å². The summed E-state index contributed by atoms with van der Waals surface area (Å²) in [5, 5.41) is 9.16. The topological polar surface area (TPSA) is 34.5 Å². The molecule has 9 aromatic carbocycles. The Morgan fingerprint density at radius 2 is 0.964 bits per heavy atom. The number of furan rings is 2. The highest BCUT2D eigenvalue weighted by molar-refractivity contribution is 6.18. The zero-order chi connectivity index (χ0) is 36.7. The average molecular weight is 717 g/mol. The first-order valence-corrected chi connectivity index (χ1v) is 19.0. The van der Waals surface area contributed by atoms with Crippen molar-refractivity contribution in [1.29, 1.82) is 0 Å². The normalized spacial score (nSPS) is 11.9. The fraction of sp³-hybridized carbons (Fsp3) is 0. The van der Waals surface area contributed by atoms with Crippen molar-refractivity contribution in [3.8, 4) is 16.8 Å². The van der Waals surface area contributed by atoms with E-state index in [1.165, 1.54) is 21.8 Å². The molecule has 3 aromatic heterocycles. The molecule has 0 spiro atoms. The van der Waals surface area contributed by atoms with E-state index in [1.54, 1.807) is 0 Å². The van der Waals surface area contributed by atoms with Crippen LogP contribution in [0.4, 0.5) is 17.1 Å². The van der Waals surface area contributed by atoms with E-state index in [1.807, 2.05) is 12.1 Å². The molecule has 12 rings (SSSR count). The minimum atomic E-state index is 0.844. The lowest BCUT2D eigenvalue weighted by molar-refractivity contribution is 0.669. The monoisotopic (exact) mass is 716 g/mol. The van der Waals surface area contributed by atoms with Crippen LogP contribution in [0.25, 0.3) is 93.3 Å². The van der Waals surface area contributed by atoms with E-state index < -0.39 is 0 Å². The van der Waals surface area contributed by atoms with Gasteiger partial charge in [-0.2, -0.15) is 0 Å². The van der Waals surface area contributed by atoms with E-state index in [9.17, 15) is 0 Å². The maximum atomic E-state index is 6.90. The largest absolute Gasteiger partial charge is 0.456 e. The number of benzene rings is 9.